The molecule has 1 aliphatic rings. The fraction of sp³-hybridized carbons (Fsp3) is 0.375. The third-order valence-electron chi connectivity index (χ3n) is 1.56. The molecule has 0 saturated carbocycles. The van der Waals surface area contributed by atoms with Crippen LogP contribution in [0.15, 0.2) is 12.2 Å². The van der Waals surface area contributed by atoms with Gasteiger partial charge in [-0.1, -0.05) is 6.92 Å². The number of hydrogen-bond donors (Lipinski definition) is 0. The van der Waals surface area contributed by atoms with Gasteiger partial charge in [-0.15, -0.1) is 5.06 Å². The number of carbonyl (C=O) groups is 3. The van der Waals surface area contributed by atoms with E-state index in [-0.39, 0.29) is 0 Å². The number of imide groups is 1. The van der Waals surface area contributed by atoms with Crippen molar-refractivity contribution in [2.75, 3.05) is 0 Å². The second kappa shape index (κ2) is 3.95. The van der Waals surface area contributed by atoms with Crippen molar-refractivity contribution in [1.82, 2.24) is 5.06 Å². The Hall–Kier alpha value is -1.49. The van der Waals surface area contributed by atoms with Crippen molar-refractivity contribution in [1.29, 1.82) is 0 Å². The first kappa shape index (κ1) is 9.60. The fourth-order valence-corrected chi connectivity index (χ4v) is 0.821. The van der Waals surface area contributed by atoms with Gasteiger partial charge in [0, 0.05) is 12.2 Å². The number of amides is 2. The lowest BCUT2D eigenvalue weighted by molar-refractivity contribution is -0.198. The topological polar surface area (TPSA) is 63.7 Å². The van der Waals surface area contributed by atoms with E-state index >= 15 is 0 Å². The van der Waals surface area contributed by atoms with Crippen molar-refractivity contribution in [3.05, 3.63) is 12.2 Å². The molecule has 0 aromatic carbocycles. The molecular weight excluding hydrogens is 174 g/mol. The van der Waals surface area contributed by atoms with Crippen LogP contribution in [0.2, 0.25) is 0 Å². The lowest BCUT2D eigenvalue weighted by atomic mass is 10.3. The lowest BCUT2D eigenvalue weighted by Gasteiger charge is -2.16. The third kappa shape index (κ3) is 2.00. The summed E-state index contributed by atoms with van der Waals surface area (Å²) >= 11 is 0. The molecule has 1 unspecified atom stereocenters. The van der Waals surface area contributed by atoms with Gasteiger partial charge in [-0.3, -0.25) is 14.4 Å². The van der Waals surface area contributed by atoms with Crippen LogP contribution in [0.5, 0.6) is 0 Å². The summed E-state index contributed by atoms with van der Waals surface area (Å²) < 4.78 is 0. The zero-order chi connectivity index (χ0) is 9.84. The molecule has 13 heavy (non-hydrogen) atoms. The first-order valence-electron chi connectivity index (χ1n) is 3.87. The van der Waals surface area contributed by atoms with E-state index in [0.29, 0.717) is 17.8 Å². The zero-order valence-corrected chi connectivity index (χ0v) is 7.10. The van der Waals surface area contributed by atoms with Crippen LogP contribution in [0.4, 0.5) is 0 Å². The SMILES string of the molecule is CCC(C=O)ON1C(=O)C=CC1=O. The molecule has 2 amide bonds. The average molecular weight is 183 g/mol. The van der Waals surface area contributed by atoms with Crippen molar-refractivity contribution in [2.45, 2.75) is 19.4 Å². The van der Waals surface area contributed by atoms with Gasteiger partial charge in [-0.05, 0) is 6.42 Å². The maximum absolute atomic E-state index is 10.9. The van der Waals surface area contributed by atoms with Crippen LogP contribution in [0.3, 0.4) is 0 Å². The minimum Gasteiger partial charge on any atom is -0.300 e. The largest absolute Gasteiger partial charge is 0.300 e. The summed E-state index contributed by atoms with van der Waals surface area (Å²) in [6.07, 6.45) is 2.42. The minimum absolute atomic E-state index is 0.417. The van der Waals surface area contributed by atoms with E-state index in [2.05, 4.69) is 0 Å². The quantitative estimate of drug-likeness (QED) is 0.448. The number of aldehydes is 1. The number of carbonyl (C=O) groups excluding carboxylic acids is 3. The number of rotatable bonds is 4. The number of hydroxylamine groups is 2. The summed E-state index contributed by atoms with van der Waals surface area (Å²) in [5.41, 5.74) is 0. The molecule has 5 heteroatoms. The maximum atomic E-state index is 10.9. The van der Waals surface area contributed by atoms with Crippen LogP contribution in [0, 0.1) is 0 Å². The Morgan fingerprint density at radius 1 is 1.46 bits per heavy atom. The van der Waals surface area contributed by atoms with E-state index in [9.17, 15) is 14.4 Å². The van der Waals surface area contributed by atoms with Gasteiger partial charge in [0.05, 0.1) is 0 Å². The van der Waals surface area contributed by atoms with Crippen molar-refractivity contribution in [3.63, 3.8) is 0 Å². The molecule has 0 bridgehead atoms. The molecule has 70 valence electrons. The van der Waals surface area contributed by atoms with E-state index in [1.165, 1.54) is 0 Å². The molecule has 0 aromatic rings. The molecule has 1 rings (SSSR count). The molecule has 0 radical (unpaired) electrons. The van der Waals surface area contributed by atoms with E-state index in [1.54, 1.807) is 6.92 Å². The highest BCUT2D eigenvalue weighted by atomic mass is 16.7. The van der Waals surface area contributed by atoms with E-state index in [4.69, 9.17) is 4.84 Å². The van der Waals surface area contributed by atoms with Gasteiger partial charge >= 0.3 is 0 Å². The molecule has 1 heterocycles. The monoisotopic (exact) mass is 183 g/mol. The fourth-order valence-electron chi connectivity index (χ4n) is 0.821. The molecule has 0 aliphatic carbocycles. The highest BCUT2D eigenvalue weighted by Crippen LogP contribution is 2.07. The van der Waals surface area contributed by atoms with Crippen LogP contribution in [-0.4, -0.2) is 29.3 Å². The van der Waals surface area contributed by atoms with Gasteiger partial charge in [0.25, 0.3) is 11.8 Å². The molecule has 0 N–H and O–H groups in total. The average Bonchev–Trinajstić information content (AvgIpc) is 2.44. The Morgan fingerprint density at radius 2 is 2.00 bits per heavy atom. The Bertz CT molecular complexity index is 253. The number of nitrogens with zero attached hydrogens (tertiary/aromatic N) is 1. The summed E-state index contributed by atoms with van der Waals surface area (Å²) in [7, 11) is 0. The molecule has 5 nitrogen and oxygen atoms in total. The van der Waals surface area contributed by atoms with Gasteiger partial charge in [-0.25, -0.2) is 0 Å². The normalized spacial score (nSPS) is 18.1. The highest BCUT2D eigenvalue weighted by Gasteiger charge is 2.27. The molecule has 1 aliphatic heterocycles. The summed E-state index contributed by atoms with van der Waals surface area (Å²) in [6, 6.07) is 0. The number of hydrogen-bond acceptors (Lipinski definition) is 4. The van der Waals surface area contributed by atoms with Crippen LogP contribution in [-0.2, 0) is 19.2 Å². The maximum Gasteiger partial charge on any atom is 0.277 e. The smallest absolute Gasteiger partial charge is 0.277 e. The first-order chi connectivity index (χ1) is 6.19. The van der Waals surface area contributed by atoms with Crippen molar-refractivity contribution in [3.8, 4) is 0 Å². The van der Waals surface area contributed by atoms with Crippen molar-refractivity contribution >= 4 is 18.1 Å². The summed E-state index contributed by atoms with van der Waals surface area (Å²) in [5, 5.41) is 0.586. The summed E-state index contributed by atoms with van der Waals surface area (Å²) in [4.78, 5) is 37.0. The Morgan fingerprint density at radius 3 is 2.38 bits per heavy atom. The van der Waals surface area contributed by atoms with Gasteiger partial charge in [0.2, 0.25) is 0 Å². The van der Waals surface area contributed by atoms with Gasteiger partial charge in [0.1, 0.15) is 6.10 Å². The predicted octanol–water partition coefficient (Wildman–Crippen LogP) is -0.179. The van der Waals surface area contributed by atoms with E-state index in [0.717, 1.165) is 12.2 Å². The Balaban J connectivity index is 2.58. The highest BCUT2D eigenvalue weighted by molar-refractivity contribution is 6.11. The first-order valence-corrected chi connectivity index (χ1v) is 3.87. The second-order valence-electron chi connectivity index (χ2n) is 2.49. The standard InChI is InChI=1S/C8H9NO4/c1-2-6(5-10)13-9-7(11)3-4-8(9)12/h3-6H,2H2,1H3. The predicted molar refractivity (Wildman–Crippen MR) is 42.2 cm³/mol. The zero-order valence-electron chi connectivity index (χ0n) is 7.10. The third-order valence-corrected chi connectivity index (χ3v) is 1.56. The van der Waals surface area contributed by atoms with Gasteiger partial charge in [0.15, 0.2) is 6.29 Å². The summed E-state index contributed by atoms with van der Waals surface area (Å²) in [5.74, 6) is -1.10. The molecule has 0 fully saturated rings. The molecule has 0 spiro atoms. The lowest BCUT2D eigenvalue weighted by Crippen LogP contribution is -2.35. The van der Waals surface area contributed by atoms with Crippen LogP contribution in [0.1, 0.15) is 13.3 Å². The van der Waals surface area contributed by atoms with Crippen molar-refractivity contribution in [2.24, 2.45) is 0 Å². The van der Waals surface area contributed by atoms with Crippen LogP contribution >= 0.6 is 0 Å². The van der Waals surface area contributed by atoms with E-state index < -0.39 is 17.9 Å². The molecule has 1 atom stereocenters. The minimum atomic E-state index is -0.743. The summed E-state index contributed by atoms with van der Waals surface area (Å²) in [6.45, 7) is 1.72. The van der Waals surface area contributed by atoms with Crippen molar-refractivity contribution < 1.29 is 19.2 Å². The molecule has 0 aromatic heterocycles. The van der Waals surface area contributed by atoms with Gasteiger partial charge in [-0.2, -0.15) is 0 Å². The Labute approximate surface area is 74.9 Å². The van der Waals surface area contributed by atoms with Crippen LogP contribution < -0.4 is 0 Å². The Kier molecular flexibility index (Phi) is 2.92. The van der Waals surface area contributed by atoms with Crippen LogP contribution in [0.25, 0.3) is 0 Å². The van der Waals surface area contributed by atoms with E-state index in [1.807, 2.05) is 0 Å². The van der Waals surface area contributed by atoms with Gasteiger partial charge < -0.3 is 4.79 Å². The second-order valence-corrected chi connectivity index (χ2v) is 2.49. The molecular formula is C8H9NO4. The molecule has 0 saturated heterocycles.